The summed E-state index contributed by atoms with van der Waals surface area (Å²) in [7, 11) is 0. The van der Waals surface area contributed by atoms with Gasteiger partial charge in [-0.15, -0.1) is 0 Å². The van der Waals surface area contributed by atoms with Gasteiger partial charge in [0.2, 0.25) is 5.91 Å². The lowest BCUT2D eigenvalue weighted by Crippen LogP contribution is -2.22. The summed E-state index contributed by atoms with van der Waals surface area (Å²) in [6.07, 6.45) is 5.45. The summed E-state index contributed by atoms with van der Waals surface area (Å²) in [5.74, 6) is -0.202. The summed E-state index contributed by atoms with van der Waals surface area (Å²) in [5, 5.41) is 21.8. The molecule has 0 bridgehead atoms. The number of carbonyl (C=O) groups is 1. The Labute approximate surface area is 117 Å². The molecule has 1 aromatic rings. The summed E-state index contributed by atoms with van der Waals surface area (Å²) in [5.41, 5.74) is 0.751. The standard InChI is InChI=1S/C14H18N2O4/c17-11-3-1-2-10-15-14(18)9-6-12-4-7-13(8-5-12)16(19)20/h4-9,17H,1-3,10-11H2,(H,15,18)/b9-6+. The number of nitro benzene ring substituents is 1. The molecule has 108 valence electrons. The van der Waals surface area contributed by atoms with Crippen LogP contribution in [-0.4, -0.2) is 29.1 Å². The lowest BCUT2D eigenvalue weighted by molar-refractivity contribution is -0.384. The molecule has 0 fully saturated rings. The van der Waals surface area contributed by atoms with Crippen LogP contribution in [0.4, 0.5) is 5.69 Å². The minimum Gasteiger partial charge on any atom is -0.396 e. The number of benzene rings is 1. The van der Waals surface area contributed by atoms with Crippen LogP contribution in [0.25, 0.3) is 6.08 Å². The van der Waals surface area contributed by atoms with Gasteiger partial charge in [-0.05, 0) is 43.0 Å². The zero-order valence-electron chi connectivity index (χ0n) is 11.1. The molecule has 6 nitrogen and oxygen atoms in total. The number of rotatable bonds is 8. The highest BCUT2D eigenvalue weighted by atomic mass is 16.6. The van der Waals surface area contributed by atoms with E-state index in [9.17, 15) is 14.9 Å². The third kappa shape index (κ3) is 6.10. The van der Waals surface area contributed by atoms with Crippen LogP contribution >= 0.6 is 0 Å². The Morgan fingerprint density at radius 1 is 1.25 bits per heavy atom. The summed E-state index contributed by atoms with van der Waals surface area (Å²) >= 11 is 0. The van der Waals surface area contributed by atoms with E-state index in [0.29, 0.717) is 6.54 Å². The highest BCUT2D eigenvalue weighted by molar-refractivity contribution is 5.91. The zero-order valence-corrected chi connectivity index (χ0v) is 11.1. The fourth-order valence-electron chi connectivity index (χ4n) is 1.56. The van der Waals surface area contributed by atoms with Crippen molar-refractivity contribution in [2.75, 3.05) is 13.2 Å². The van der Waals surface area contributed by atoms with Gasteiger partial charge >= 0.3 is 0 Å². The van der Waals surface area contributed by atoms with Gasteiger partial charge in [-0.3, -0.25) is 14.9 Å². The highest BCUT2D eigenvalue weighted by Gasteiger charge is 2.02. The quantitative estimate of drug-likeness (QED) is 0.329. The number of nitrogens with one attached hydrogen (secondary N) is 1. The molecule has 1 amide bonds. The highest BCUT2D eigenvalue weighted by Crippen LogP contribution is 2.12. The number of aliphatic hydroxyl groups excluding tert-OH is 1. The Hall–Kier alpha value is -2.21. The largest absolute Gasteiger partial charge is 0.396 e. The van der Waals surface area contributed by atoms with Crippen LogP contribution in [0.3, 0.4) is 0 Å². The molecule has 0 spiro atoms. The zero-order chi connectivity index (χ0) is 14.8. The monoisotopic (exact) mass is 278 g/mol. The molecule has 0 aliphatic rings. The molecule has 0 atom stereocenters. The molecule has 0 aliphatic heterocycles. The first-order chi connectivity index (χ1) is 9.63. The van der Waals surface area contributed by atoms with E-state index in [4.69, 9.17) is 5.11 Å². The molecule has 1 aromatic carbocycles. The fourth-order valence-corrected chi connectivity index (χ4v) is 1.56. The molecular formula is C14H18N2O4. The van der Waals surface area contributed by atoms with Gasteiger partial charge < -0.3 is 10.4 Å². The van der Waals surface area contributed by atoms with E-state index in [1.54, 1.807) is 18.2 Å². The van der Waals surface area contributed by atoms with Crippen LogP contribution in [0.15, 0.2) is 30.3 Å². The van der Waals surface area contributed by atoms with E-state index in [0.717, 1.165) is 24.8 Å². The fraction of sp³-hybridized carbons (Fsp3) is 0.357. The number of aliphatic hydroxyl groups is 1. The third-order valence-corrected chi connectivity index (χ3v) is 2.67. The molecule has 20 heavy (non-hydrogen) atoms. The average Bonchev–Trinajstić information content (AvgIpc) is 2.45. The van der Waals surface area contributed by atoms with Crippen molar-refractivity contribution >= 4 is 17.7 Å². The number of unbranched alkanes of at least 4 members (excludes halogenated alkanes) is 2. The van der Waals surface area contributed by atoms with Crippen LogP contribution in [0.2, 0.25) is 0 Å². The second kappa shape index (κ2) is 8.82. The van der Waals surface area contributed by atoms with E-state index < -0.39 is 4.92 Å². The number of carbonyl (C=O) groups excluding carboxylic acids is 1. The maximum absolute atomic E-state index is 11.5. The number of nitro groups is 1. The summed E-state index contributed by atoms with van der Waals surface area (Å²) in [6.45, 7) is 0.747. The SMILES string of the molecule is O=C(/C=C/c1ccc([N+](=O)[O-])cc1)NCCCCCO. The van der Waals surface area contributed by atoms with Crippen molar-refractivity contribution in [1.82, 2.24) is 5.32 Å². The first kappa shape index (κ1) is 15.8. The van der Waals surface area contributed by atoms with Crippen LogP contribution in [0.5, 0.6) is 0 Å². The van der Waals surface area contributed by atoms with Gasteiger partial charge in [-0.1, -0.05) is 0 Å². The van der Waals surface area contributed by atoms with Crippen LogP contribution in [-0.2, 0) is 4.79 Å². The van der Waals surface area contributed by atoms with E-state index in [1.807, 2.05) is 0 Å². The van der Waals surface area contributed by atoms with Crippen molar-refractivity contribution in [3.63, 3.8) is 0 Å². The predicted molar refractivity (Wildman–Crippen MR) is 76.1 cm³/mol. The van der Waals surface area contributed by atoms with E-state index in [2.05, 4.69) is 5.32 Å². The second-order valence-electron chi connectivity index (χ2n) is 4.26. The molecule has 0 heterocycles. The molecule has 0 aromatic heterocycles. The minimum atomic E-state index is -0.466. The van der Waals surface area contributed by atoms with E-state index in [-0.39, 0.29) is 18.2 Å². The van der Waals surface area contributed by atoms with Crippen LogP contribution in [0, 0.1) is 10.1 Å². The smallest absolute Gasteiger partial charge is 0.269 e. The number of hydrogen-bond acceptors (Lipinski definition) is 4. The molecular weight excluding hydrogens is 260 g/mol. The summed E-state index contributed by atoms with van der Waals surface area (Å²) in [4.78, 5) is 21.5. The van der Waals surface area contributed by atoms with Gasteiger partial charge in [0.25, 0.3) is 5.69 Å². The predicted octanol–water partition coefficient (Wildman–Crippen LogP) is 1.89. The Kier molecular flexibility index (Phi) is 6.99. The van der Waals surface area contributed by atoms with Gasteiger partial charge in [0.05, 0.1) is 4.92 Å². The average molecular weight is 278 g/mol. The van der Waals surface area contributed by atoms with Gasteiger partial charge in [-0.2, -0.15) is 0 Å². The molecule has 0 aliphatic carbocycles. The molecule has 2 N–H and O–H groups in total. The number of nitrogens with zero attached hydrogens (tertiary/aromatic N) is 1. The molecule has 1 rings (SSSR count). The molecule has 0 radical (unpaired) electrons. The normalized spacial score (nSPS) is 10.7. The third-order valence-electron chi connectivity index (χ3n) is 2.67. The van der Waals surface area contributed by atoms with E-state index >= 15 is 0 Å². The summed E-state index contributed by atoms with van der Waals surface area (Å²) in [6, 6.07) is 5.96. The van der Waals surface area contributed by atoms with Crippen molar-refractivity contribution in [1.29, 1.82) is 0 Å². The van der Waals surface area contributed by atoms with Gasteiger partial charge in [-0.25, -0.2) is 0 Å². The molecule has 0 saturated heterocycles. The Morgan fingerprint density at radius 3 is 2.55 bits per heavy atom. The van der Waals surface area contributed by atoms with E-state index in [1.165, 1.54) is 18.2 Å². The van der Waals surface area contributed by atoms with Crippen molar-refractivity contribution < 1.29 is 14.8 Å². The van der Waals surface area contributed by atoms with Crippen molar-refractivity contribution in [2.45, 2.75) is 19.3 Å². The second-order valence-corrected chi connectivity index (χ2v) is 4.26. The Morgan fingerprint density at radius 2 is 1.95 bits per heavy atom. The number of amides is 1. The maximum atomic E-state index is 11.5. The van der Waals surface area contributed by atoms with Crippen LogP contribution in [0.1, 0.15) is 24.8 Å². The van der Waals surface area contributed by atoms with Gasteiger partial charge in [0.15, 0.2) is 0 Å². The first-order valence-electron chi connectivity index (χ1n) is 6.44. The lowest BCUT2D eigenvalue weighted by atomic mass is 10.2. The molecule has 6 heteroatoms. The van der Waals surface area contributed by atoms with Crippen molar-refractivity contribution in [2.24, 2.45) is 0 Å². The molecule has 0 unspecified atom stereocenters. The van der Waals surface area contributed by atoms with Crippen LogP contribution < -0.4 is 5.32 Å². The van der Waals surface area contributed by atoms with Crippen molar-refractivity contribution in [3.8, 4) is 0 Å². The first-order valence-corrected chi connectivity index (χ1v) is 6.44. The summed E-state index contributed by atoms with van der Waals surface area (Å²) < 4.78 is 0. The topological polar surface area (TPSA) is 92.5 Å². The lowest BCUT2D eigenvalue weighted by Gasteiger charge is -2.01. The minimum absolute atomic E-state index is 0.0236. The maximum Gasteiger partial charge on any atom is 0.269 e. The Balaban J connectivity index is 2.35. The number of hydrogen-bond donors (Lipinski definition) is 2. The van der Waals surface area contributed by atoms with Gasteiger partial charge in [0.1, 0.15) is 0 Å². The van der Waals surface area contributed by atoms with Gasteiger partial charge in [0, 0.05) is 31.4 Å². The molecule has 0 saturated carbocycles. The number of non-ortho nitro benzene ring substituents is 1. The van der Waals surface area contributed by atoms with Crippen molar-refractivity contribution in [3.05, 3.63) is 46.0 Å². The Bertz CT molecular complexity index is 469.